The molecule has 6 heteroatoms. The van der Waals surface area contributed by atoms with Gasteiger partial charge in [0.05, 0.1) is 6.54 Å². The van der Waals surface area contributed by atoms with Gasteiger partial charge in [-0.3, -0.25) is 9.79 Å². The van der Waals surface area contributed by atoms with Crippen LogP contribution in [0.4, 0.5) is 10.1 Å². The van der Waals surface area contributed by atoms with Gasteiger partial charge in [-0.25, -0.2) is 4.39 Å². The maximum Gasteiger partial charge on any atom is 0.246 e. The van der Waals surface area contributed by atoms with Gasteiger partial charge in [0.2, 0.25) is 5.91 Å². The second kappa shape index (κ2) is 7.62. The third-order valence-corrected chi connectivity index (χ3v) is 5.71. The third kappa shape index (κ3) is 3.59. The first kappa shape index (κ1) is 18.5. The van der Waals surface area contributed by atoms with Crippen LogP contribution in [-0.2, 0) is 16.6 Å². The standard InChI is InChI=1S/C22H25FN4O/c1-24-21(26-15-22(11-12-22)17-7-3-4-8-18(17)23)25-14-20(28)27-13-10-16-6-2-5-9-19(16)27/h2-9H,10-15H2,1H3,(H2,24,25,26). The molecular formula is C22H25FN4O. The number of nitrogens with one attached hydrogen (secondary N) is 2. The lowest BCUT2D eigenvalue weighted by Gasteiger charge is -2.21. The molecule has 2 aliphatic rings. The first-order valence-corrected chi connectivity index (χ1v) is 9.71. The van der Waals surface area contributed by atoms with Crippen LogP contribution in [0.2, 0.25) is 0 Å². The zero-order chi connectivity index (χ0) is 19.6. The van der Waals surface area contributed by atoms with Crippen molar-refractivity contribution < 1.29 is 9.18 Å². The largest absolute Gasteiger partial charge is 0.356 e. The van der Waals surface area contributed by atoms with Crippen LogP contribution < -0.4 is 15.5 Å². The molecule has 146 valence electrons. The maximum absolute atomic E-state index is 14.2. The molecule has 1 amide bonds. The van der Waals surface area contributed by atoms with Crippen molar-refractivity contribution >= 4 is 17.6 Å². The molecule has 4 rings (SSSR count). The SMILES string of the molecule is CN=C(NCC(=O)N1CCc2ccccc21)NCC1(c2ccccc2F)CC1. The average molecular weight is 380 g/mol. The van der Waals surface area contributed by atoms with Crippen LogP contribution in [0.15, 0.2) is 53.5 Å². The molecule has 0 unspecified atom stereocenters. The van der Waals surface area contributed by atoms with E-state index in [1.165, 1.54) is 11.6 Å². The Labute approximate surface area is 164 Å². The third-order valence-electron chi connectivity index (χ3n) is 5.71. The van der Waals surface area contributed by atoms with Crippen molar-refractivity contribution in [3.8, 4) is 0 Å². The number of halogens is 1. The van der Waals surface area contributed by atoms with Crippen LogP contribution in [0.3, 0.4) is 0 Å². The van der Waals surface area contributed by atoms with Gasteiger partial charge >= 0.3 is 0 Å². The van der Waals surface area contributed by atoms with Crippen LogP contribution in [0.5, 0.6) is 0 Å². The fourth-order valence-electron chi connectivity index (χ4n) is 3.91. The summed E-state index contributed by atoms with van der Waals surface area (Å²) in [6, 6.07) is 15.0. The molecule has 1 aliphatic heterocycles. The van der Waals surface area contributed by atoms with Crippen molar-refractivity contribution in [3.63, 3.8) is 0 Å². The summed E-state index contributed by atoms with van der Waals surface area (Å²) in [4.78, 5) is 18.7. The number of fused-ring (bicyclic) bond motifs is 1. The second-order valence-electron chi connectivity index (χ2n) is 7.46. The smallest absolute Gasteiger partial charge is 0.246 e. The molecule has 1 fully saturated rings. The topological polar surface area (TPSA) is 56.7 Å². The zero-order valence-electron chi connectivity index (χ0n) is 16.0. The van der Waals surface area contributed by atoms with Crippen LogP contribution in [0.1, 0.15) is 24.0 Å². The highest BCUT2D eigenvalue weighted by molar-refractivity contribution is 5.98. The summed E-state index contributed by atoms with van der Waals surface area (Å²) in [5, 5.41) is 6.36. The van der Waals surface area contributed by atoms with Crippen molar-refractivity contribution in [2.75, 3.05) is 31.6 Å². The molecule has 1 heterocycles. The summed E-state index contributed by atoms with van der Waals surface area (Å²) in [5.74, 6) is 0.416. The second-order valence-corrected chi connectivity index (χ2v) is 7.46. The van der Waals surface area contributed by atoms with Crippen LogP contribution in [-0.4, -0.2) is 38.5 Å². The Morgan fingerprint density at radius 1 is 1.14 bits per heavy atom. The summed E-state index contributed by atoms with van der Waals surface area (Å²) < 4.78 is 14.2. The lowest BCUT2D eigenvalue weighted by Crippen LogP contribution is -2.46. The molecule has 1 saturated carbocycles. The fourth-order valence-corrected chi connectivity index (χ4v) is 3.91. The lowest BCUT2D eigenvalue weighted by molar-refractivity contribution is -0.117. The molecule has 5 nitrogen and oxygen atoms in total. The summed E-state index contributed by atoms with van der Waals surface area (Å²) in [6.45, 7) is 1.47. The number of guanidine groups is 1. The highest BCUT2D eigenvalue weighted by Gasteiger charge is 2.45. The Balaban J connectivity index is 1.33. The van der Waals surface area contributed by atoms with E-state index in [1.54, 1.807) is 13.1 Å². The quantitative estimate of drug-likeness (QED) is 0.619. The van der Waals surface area contributed by atoms with Gasteiger partial charge < -0.3 is 15.5 Å². The molecule has 2 N–H and O–H groups in total. The normalized spacial score (nSPS) is 17.2. The molecule has 0 saturated heterocycles. The van der Waals surface area contributed by atoms with Crippen molar-refractivity contribution in [3.05, 3.63) is 65.5 Å². The minimum Gasteiger partial charge on any atom is -0.356 e. The number of hydrogen-bond acceptors (Lipinski definition) is 2. The highest BCUT2D eigenvalue weighted by atomic mass is 19.1. The van der Waals surface area contributed by atoms with Crippen molar-refractivity contribution in [1.82, 2.24) is 10.6 Å². The minimum atomic E-state index is -0.180. The molecule has 28 heavy (non-hydrogen) atoms. The Kier molecular flexibility index (Phi) is 5.03. The van der Waals surface area contributed by atoms with Gasteiger partial charge in [-0.15, -0.1) is 0 Å². The van der Waals surface area contributed by atoms with Crippen molar-refractivity contribution in [2.24, 2.45) is 4.99 Å². The first-order chi connectivity index (χ1) is 13.6. The Morgan fingerprint density at radius 2 is 1.89 bits per heavy atom. The van der Waals surface area contributed by atoms with E-state index in [0.29, 0.717) is 19.0 Å². The summed E-state index contributed by atoms with van der Waals surface area (Å²) >= 11 is 0. The number of benzene rings is 2. The number of aliphatic imine (C=N–C) groups is 1. The number of carbonyl (C=O) groups is 1. The molecular weight excluding hydrogens is 355 g/mol. The molecule has 2 aromatic carbocycles. The molecule has 2 aromatic rings. The number of anilines is 1. The predicted octanol–water partition coefficient (Wildman–Crippen LogP) is 2.61. The van der Waals surface area contributed by atoms with Gasteiger partial charge in [0.15, 0.2) is 5.96 Å². The number of nitrogens with zero attached hydrogens (tertiary/aromatic N) is 2. The summed E-state index contributed by atoms with van der Waals surface area (Å²) in [5.41, 5.74) is 2.77. The van der Waals surface area contributed by atoms with E-state index in [0.717, 1.165) is 30.5 Å². The number of carbonyl (C=O) groups excluding carboxylic acids is 1. The number of hydrogen-bond donors (Lipinski definition) is 2. The molecule has 0 aromatic heterocycles. The van der Waals surface area contributed by atoms with E-state index in [-0.39, 0.29) is 23.7 Å². The van der Waals surface area contributed by atoms with Crippen LogP contribution >= 0.6 is 0 Å². The fraction of sp³-hybridized carbons (Fsp3) is 0.364. The van der Waals surface area contributed by atoms with E-state index < -0.39 is 0 Å². The number of para-hydroxylation sites is 1. The van der Waals surface area contributed by atoms with Gasteiger partial charge in [-0.2, -0.15) is 0 Å². The van der Waals surface area contributed by atoms with E-state index in [4.69, 9.17) is 0 Å². The minimum absolute atomic E-state index is 0.0168. The van der Waals surface area contributed by atoms with Gasteiger partial charge in [-0.05, 0) is 42.5 Å². The van der Waals surface area contributed by atoms with Crippen LogP contribution in [0.25, 0.3) is 0 Å². The van der Waals surface area contributed by atoms with Crippen molar-refractivity contribution in [2.45, 2.75) is 24.7 Å². The van der Waals surface area contributed by atoms with Gasteiger partial charge in [0.25, 0.3) is 0 Å². The number of amides is 1. The number of rotatable bonds is 5. The van der Waals surface area contributed by atoms with Crippen molar-refractivity contribution in [1.29, 1.82) is 0 Å². The lowest BCUT2D eigenvalue weighted by atomic mass is 9.95. The summed E-state index contributed by atoms with van der Waals surface area (Å²) in [6.07, 6.45) is 2.78. The van der Waals surface area contributed by atoms with E-state index in [9.17, 15) is 9.18 Å². The molecule has 1 aliphatic carbocycles. The van der Waals surface area contributed by atoms with E-state index in [1.807, 2.05) is 35.2 Å². The zero-order valence-corrected chi connectivity index (χ0v) is 16.0. The average Bonchev–Trinajstić information content (AvgIpc) is 3.38. The maximum atomic E-state index is 14.2. The first-order valence-electron chi connectivity index (χ1n) is 9.71. The molecule has 0 spiro atoms. The van der Waals surface area contributed by atoms with Gasteiger partial charge in [0.1, 0.15) is 5.82 Å². The Hall–Kier alpha value is -2.89. The van der Waals surface area contributed by atoms with E-state index >= 15 is 0 Å². The Morgan fingerprint density at radius 3 is 2.64 bits per heavy atom. The molecule has 0 radical (unpaired) electrons. The van der Waals surface area contributed by atoms with Crippen LogP contribution in [0, 0.1) is 5.82 Å². The monoisotopic (exact) mass is 380 g/mol. The highest BCUT2D eigenvalue weighted by Crippen LogP contribution is 2.48. The molecule has 0 bridgehead atoms. The Bertz CT molecular complexity index is 907. The van der Waals surface area contributed by atoms with E-state index in [2.05, 4.69) is 21.7 Å². The van der Waals surface area contributed by atoms with Gasteiger partial charge in [-0.1, -0.05) is 36.4 Å². The predicted molar refractivity (Wildman–Crippen MR) is 109 cm³/mol. The van der Waals surface area contributed by atoms with Gasteiger partial charge in [0, 0.05) is 31.2 Å². The molecule has 0 atom stereocenters. The summed E-state index contributed by atoms with van der Waals surface area (Å²) in [7, 11) is 1.67.